The van der Waals surface area contributed by atoms with Crippen LogP contribution in [0.1, 0.15) is 12.5 Å². The van der Waals surface area contributed by atoms with Gasteiger partial charge >= 0.3 is 6.03 Å². The van der Waals surface area contributed by atoms with E-state index in [0.717, 1.165) is 44.8 Å². The molecule has 6 nitrogen and oxygen atoms in total. The highest BCUT2D eigenvalue weighted by Gasteiger charge is 2.21. The van der Waals surface area contributed by atoms with Gasteiger partial charge in [0, 0.05) is 59.4 Å². The van der Waals surface area contributed by atoms with E-state index in [1.165, 1.54) is 12.5 Å². The number of benzene rings is 1. The van der Waals surface area contributed by atoms with Gasteiger partial charge < -0.3 is 15.1 Å². The lowest BCUT2D eigenvalue weighted by Gasteiger charge is -2.35. The summed E-state index contributed by atoms with van der Waals surface area (Å²) in [7, 11) is 3.58. The predicted molar refractivity (Wildman–Crippen MR) is 91.5 cm³/mol. The summed E-state index contributed by atoms with van der Waals surface area (Å²) in [6.07, 6.45) is 0.974. The summed E-state index contributed by atoms with van der Waals surface area (Å²) < 4.78 is 0. The number of nitrogens with zero attached hydrogens (tertiary/aromatic N) is 3. The molecule has 0 atom stereocenters. The summed E-state index contributed by atoms with van der Waals surface area (Å²) in [5.74, 6) is -0.0529. The fourth-order valence-corrected chi connectivity index (χ4v) is 2.69. The minimum Gasteiger partial charge on any atom is -0.331 e. The normalized spacial score (nSPS) is 15.3. The third kappa shape index (κ3) is 5.25. The Hall–Kier alpha value is -2.08. The average Bonchev–Trinajstić information content (AvgIpc) is 2.53. The Labute approximate surface area is 138 Å². The van der Waals surface area contributed by atoms with E-state index in [-0.39, 0.29) is 11.9 Å². The minimum absolute atomic E-state index is 0.0529. The molecule has 0 unspecified atom stereocenters. The Morgan fingerprint density at radius 1 is 1.09 bits per heavy atom. The predicted octanol–water partition coefficient (Wildman–Crippen LogP) is 1.49. The molecule has 1 heterocycles. The van der Waals surface area contributed by atoms with Crippen molar-refractivity contribution in [2.45, 2.75) is 13.3 Å². The molecule has 0 aromatic heterocycles. The van der Waals surface area contributed by atoms with Crippen LogP contribution in [0.4, 0.5) is 10.5 Å². The van der Waals surface area contributed by atoms with Crippen molar-refractivity contribution in [1.29, 1.82) is 0 Å². The van der Waals surface area contributed by atoms with Crippen LogP contribution in [0, 0.1) is 0 Å². The van der Waals surface area contributed by atoms with Crippen molar-refractivity contribution in [3.05, 3.63) is 29.8 Å². The molecule has 1 aromatic rings. The van der Waals surface area contributed by atoms with Crippen LogP contribution >= 0.6 is 0 Å². The first-order valence-corrected chi connectivity index (χ1v) is 8.01. The first-order valence-electron chi connectivity index (χ1n) is 8.01. The second-order valence-corrected chi connectivity index (χ2v) is 6.13. The van der Waals surface area contributed by atoms with Gasteiger partial charge in [-0.2, -0.15) is 0 Å². The maximum Gasteiger partial charge on any atom is 0.319 e. The van der Waals surface area contributed by atoms with Gasteiger partial charge in [0.1, 0.15) is 0 Å². The molecule has 0 saturated carbocycles. The van der Waals surface area contributed by atoms with Crippen molar-refractivity contribution < 1.29 is 9.59 Å². The summed E-state index contributed by atoms with van der Waals surface area (Å²) in [5.41, 5.74) is 2.09. The molecule has 3 amide bonds. The van der Waals surface area contributed by atoms with Gasteiger partial charge in [0.25, 0.3) is 0 Å². The van der Waals surface area contributed by atoms with Gasteiger partial charge in [0.2, 0.25) is 5.91 Å². The molecule has 6 heteroatoms. The number of carbonyl (C=O) groups is 2. The van der Waals surface area contributed by atoms with E-state index in [1.807, 2.05) is 17.0 Å². The number of anilines is 1. The third-order valence-corrected chi connectivity index (χ3v) is 4.02. The molecule has 1 saturated heterocycles. The average molecular weight is 318 g/mol. The number of nitrogens with one attached hydrogen (secondary N) is 1. The quantitative estimate of drug-likeness (QED) is 0.915. The van der Waals surface area contributed by atoms with Crippen LogP contribution in [-0.2, 0) is 11.2 Å². The van der Waals surface area contributed by atoms with E-state index in [2.05, 4.69) is 22.3 Å². The van der Waals surface area contributed by atoms with E-state index in [0.29, 0.717) is 0 Å². The second kappa shape index (κ2) is 7.97. The molecular weight excluding hydrogens is 292 g/mol. The number of hydrogen-bond acceptors (Lipinski definition) is 3. The third-order valence-electron chi connectivity index (χ3n) is 4.02. The van der Waals surface area contributed by atoms with Gasteiger partial charge in [-0.1, -0.05) is 12.1 Å². The summed E-state index contributed by atoms with van der Waals surface area (Å²) in [5, 5.41) is 2.77. The minimum atomic E-state index is -0.0529. The fourth-order valence-electron chi connectivity index (χ4n) is 2.69. The number of carbonyl (C=O) groups excluding carboxylic acids is 2. The van der Waals surface area contributed by atoms with Crippen LogP contribution in [0.25, 0.3) is 0 Å². The largest absolute Gasteiger partial charge is 0.331 e. The molecule has 1 aliphatic heterocycles. The molecular formula is C17H26N4O2. The number of amides is 3. The van der Waals surface area contributed by atoms with Crippen LogP contribution in [0.5, 0.6) is 0 Å². The SMILES string of the molecule is CC(=O)Nc1ccc(CCN2CCN(C(=O)N(C)C)CC2)cc1. The summed E-state index contributed by atoms with van der Waals surface area (Å²) in [4.78, 5) is 28.8. The van der Waals surface area contributed by atoms with Crippen LogP contribution in [-0.4, -0.2) is 73.5 Å². The van der Waals surface area contributed by atoms with Crippen LogP contribution < -0.4 is 5.32 Å². The van der Waals surface area contributed by atoms with Crippen molar-refractivity contribution in [2.24, 2.45) is 0 Å². The van der Waals surface area contributed by atoms with Crippen LogP contribution in [0.3, 0.4) is 0 Å². The zero-order chi connectivity index (χ0) is 16.8. The van der Waals surface area contributed by atoms with Crippen molar-refractivity contribution >= 4 is 17.6 Å². The summed E-state index contributed by atoms with van der Waals surface area (Å²) in [6, 6.07) is 8.07. The summed E-state index contributed by atoms with van der Waals surface area (Å²) >= 11 is 0. The van der Waals surface area contributed by atoms with Gasteiger partial charge in [-0.15, -0.1) is 0 Å². The highest BCUT2D eigenvalue weighted by atomic mass is 16.2. The molecule has 1 aromatic carbocycles. The molecule has 126 valence electrons. The molecule has 0 spiro atoms. The first-order chi connectivity index (χ1) is 11.0. The van der Waals surface area contributed by atoms with Gasteiger partial charge in [0.05, 0.1) is 0 Å². The lowest BCUT2D eigenvalue weighted by Crippen LogP contribution is -2.51. The molecule has 1 aliphatic rings. The fraction of sp³-hybridized carbons (Fsp3) is 0.529. The highest BCUT2D eigenvalue weighted by molar-refractivity contribution is 5.88. The maximum atomic E-state index is 11.9. The zero-order valence-electron chi connectivity index (χ0n) is 14.2. The van der Waals surface area contributed by atoms with Gasteiger partial charge in [-0.3, -0.25) is 9.69 Å². The number of piperazine rings is 1. The lowest BCUT2D eigenvalue weighted by molar-refractivity contribution is -0.114. The van der Waals surface area contributed by atoms with Crippen molar-refractivity contribution in [2.75, 3.05) is 52.1 Å². The number of rotatable bonds is 4. The Morgan fingerprint density at radius 3 is 2.22 bits per heavy atom. The Balaban J connectivity index is 1.75. The second-order valence-electron chi connectivity index (χ2n) is 6.13. The lowest BCUT2D eigenvalue weighted by atomic mass is 10.1. The molecule has 0 bridgehead atoms. The summed E-state index contributed by atoms with van der Waals surface area (Å²) in [6.45, 7) is 5.92. The van der Waals surface area contributed by atoms with Gasteiger partial charge in [0.15, 0.2) is 0 Å². The first kappa shape index (κ1) is 17.3. The maximum absolute atomic E-state index is 11.9. The smallest absolute Gasteiger partial charge is 0.319 e. The molecule has 2 rings (SSSR count). The van der Waals surface area contributed by atoms with E-state index >= 15 is 0 Å². The van der Waals surface area contributed by atoms with E-state index < -0.39 is 0 Å². The number of urea groups is 1. The van der Waals surface area contributed by atoms with Crippen LogP contribution in [0.15, 0.2) is 24.3 Å². The monoisotopic (exact) mass is 318 g/mol. The van der Waals surface area contributed by atoms with E-state index in [4.69, 9.17) is 0 Å². The van der Waals surface area contributed by atoms with Gasteiger partial charge in [-0.05, 0) is 24.1 Å². The Morgan fingerprint density at radius 2 is 1.70 bits per heavy atom. The highest BCUT2D eigenvalue weighted by Crippen LogP contribution is 2.11. The van der Waals surface area contributed by atoms with Crippen molar-refractivity contribution in [3.63, 3.8) is 0 Å². The van der Waals surface area contributed by atoms with Gasteiger partial charge in [-0.25, -0.2) is 4.79 Å². The Bertz CT molecular complexity index is 534. The molecule has 1 N–H and O–H groups in total. The molecule has 0 aliphatic carbocycles. The van der Waals surface area contributed by atoms with E-state index in [1.54, 1.807) is 19.0 Å². The number of hydrogen-bond donors (Lipinski definition) is 1. The van der Waals surface area contributed by atoms with Crippen LogP contribution in [0.2, 0.25) is 0 Å². The topological polar surface area (TPSA) is 55.9 Å². The standard InChI is InChI=1S/C17H26N4O2/c1-14(22)18-16-6-4-15(5-7-16)8-9-20-10-12-21(13-11-20)17(23)19(2)3/h4-7H,8-13H2,1-3H3,(H,18,22). The Kier molecular flexibility index (Phi) is 5.98. The van der Waals surface area contributed by atoms with Crippen molar-refractivity contribution in [3.8, 4) is 0 Å². The zero-order valence-corrected chi connectivity index (χ0v) is 14.2. The van der Waals surface area contributed by atoms with Crippen molar-refractivity contribution in [1.82, 2.24) is 14.7 Å². The molecule has 0 radical (unpaired) electrons. The molecule has 1 fully saturated rings. The molecule has 23 heavy (non-hydrogen) atoms. The van der Waals surface area contributed by atoms with E-state index in [9.17, 15) is 9.59 Å².